The molecule has 0 aliphatic carbocycles. The molecule has 3 aromatic rings. The number of nitrogens with zero attached hydrogens (tertiary/aromatic N) is 5. The van der Waals surface area contributed by atoms with E-state index in [1.807, 2.05) is 68.9 Å². The first kappa shape index (κ1) is 23.3. The summed E-state index contributed by atoms with van der Waals surface area (Å²) in [6.45, 7) is 10.5. The topological polar surface area (TPSA) is 56.0 Å². The molecule has 0 spiro atoms. The van der Waals surface area contributed by atoms with Crippen LogP contribution < -0.4 is 0 Å². The van der Waals surface area contributed by atoms with Gasteiger partial charge in [-0.15, -0.1) is 16.8 Å². The Morgan fingerprint density at radius 2 is 1.94 bits per heavy atom. The summed E-state index contributed by atoms with van der Waals surface area (Å²) in [5, 5.41) is 10.2. The molecule has 0 bridgehead atoms. The number of ketones is 1. The van der Waals surface area contributed by atoms with E-state index >= 15 is 0 Å². The zero-order valence-corrected chi connectivity index (χ0v) is 20.2. The fourth-order valence-corrected chi connectivity index (χ4v) is 4.38. The van der Waals surface area contributed by atoms with Crippen LogP contribution in [0, 0.1) is 13.8 Å². The SMILES string of the molecule is C=CCn1c(C)cc(C(=O)CSc2nnc(C(C)N(C)C)n2-c2ccc(Cl)cc2)c1C. The molecule has 2 heterocycles. The van der Waals surface area contributed by atoms with Crippen molar-refractivity contribution in [1.82, 2.24) is 24.2 Å². The maximum Gasteiger partial charge on any atom is 0.196 e. The second-order valence-corrected chi connectivity index (χ2v) is 9.07. The van der Waals surface area contributed by atoms with Crippen LogP contribution >= 0.6 is 23.4 Å². The Hall–Kier alpha value is -2.35. The number of thioether (sulfide) groups is 1. The minimum Gasteiger partial charge on any atom is -0.345 e. The third-order valence-electron chi connectivity index (χ3n) is 5.41. The second-order valence-electron chi connectivity index (χ2n) is 7.69. The van der Waals surface area contributed by atoms with Crippen LogP contribution in [-0.2, 0) is 6.54 Å². The van der Waals surface area contributed by atoms with Gasteiger partial charge >= 0.3 is 0 Å². The summed E-state index contributed by atoms with van der Waals surface area (Å²) in [7, 11) is 4.00. The maximum absolute atomic E-state index is 13.0. The van der Waals surface area contributed by atoms with Crippen molar-refractivity contribution in [1.29, 1.82) is 0 Å². The van der Waals surface area contributed by atoms with Crippen molar-refractivity contribution in [3.05, 3.63) is 70.8 Å². The van der Waals surface area contributed by atoms with E-state index in [0.717, 1.165) is 28.5 Å². The highest BCUT2D eigenvalue weighted by molar-refractivity contribution is 7.99. The Bertz CT molecular complexity index is 1080. The van der Waals surface area contributed by atoms with E-state index in [1.165, 1.54) is 11.8 Å². The molecule has 3 rings (SSSR count). The minimum atomic E-state index is 0.0473. The van der Waals surface area contributed by atoms with Crippen LogP contribution in [0.1, 0.15) is 40.5 Å². The number of carbonyl (C=O) groups is 1. The number of aryl methyl sites for hydroxylation is 1. The summed E-state index contributed by atoms with van der Waals surface area (Å²) < 4.78 is 4.10. The Morgan fingerprint density at radius 3 is 2.55 bits per heavy atom. The predicted molar refractivity (Wildman–Crippen MR) is 128 cm³/mol. The first-order chi connectivity index (χ1) is 14.7. The summed E-state index contributed by atoms with van der Waals surface area (Å²) in [5.41, 5.74) is 3.67. The molecule has 0 radical (unpaired) electrons. The molecule has 0 aliphatic heterocycles. The number of benzene rings is 1. The Labute approximate surface area is 192 Å². The largest absolute Gasteiger partial charge is 0.345 e. The summed E-state index contributed by atoms with van der Waals surface area (Å²) in [5.74, 6) is 1.16. The Morgan fingerprint density at radius 1 is 1.26 bits per heavy atom. The van der Waals surface area contributed by atoms with E-state index in [-0.39, 0.29) is 17.6 Å². The van der Waals surface area contributed by atoms with Crippen molar-refractivity contribution in [2.45, 2.75) is 38.5 Å². The number of hydrogen-bond acceptors (Lipinski definition) is 5. The molecule has 0 N–H and O–H groups in total. The molecule has 164 valence electrons. The normalized spacial score (nSPS) is 12.4. The third-order valence-corrected chi connectivity index (χ3v) is 6.59. The van der Waals surface area contributed by atoms with Gasteiger partial charge in [-0.05, 0) is 65.2 Å². The predicted octanol–water partition coefficient (Wildman–Crippen LogP) is 5.12. The average Bonchev–Trinajstić information content (AvgIpc) is 3.28. The van der Waals surface area contributed by atoms with E-state index < -0.39 is 0 Å². The van der Waals surface area contributed by atoms with Crippen molar-refractivity contribution in [3.8, 4) is 5.69 Å². The van der Waals surface area contributed by atoms with Crippen LogP contribution in [0.3, 0.4) is 0 Å². The highest BCUT2D eigenvalue weighted by Gasteiger charge is 2.22. The standard InChI is InChI=1S/C23H28ClN5OS/c1-7-12-28-15(2)13-20(16(28)3)21(30)14-31-23-26-25-22(17(4)27(5)6)29(23)19-10-8-18(24)9-11-19/h7-11,13,17H,1,12,14H2,2-6H3. The number of Topliss-reactive ketones (excluding diaryl/α,β-unsaturated/α-hetero) is 1. The number of halogens is 1. The minimum absolute atomic E-state index is 0.0473. The lowest BCUT2D eigenvalue weighted by Gasteiger charge is -2.20. The highest BCUT2D eigenvalue weighted by Crippen LogP contribution is 2.28. The van der Waals surface area contributed by atoms with Gasteiger partial charge in [-0.25, -0.2) is 0 Å². The van der Waals surface area contributed by atoms with Crippen molar-refractivity contribution < 1.29 is 4.79 Å². The van der Waals surface area contributed by atoms with E-state index in [4.69, 9.17) is 11.6 Å². The zero-order valence-electron chi connectivity index (χ0n) is 18.6. The Kier molecular flexibility index (Phi) is 7.41. The molecule has 2 aromatic heterocycles. The van der Waals surface area contributed by atoms with Crippen LogP contribution in [0.15, 0.2) is 48.1 Å². The van der Waals surface area contributed by atoms with Crippen molar-refractivity contribution >= 4 is 29.1 Å². The lowest BCUT2D eigenvalue weighted by Crippen LogP contribution is -2.20. The number of carbonyl (C=O) groups excluding carboxylic acids is 1. The summed E-state index contributed by atoms with van der Waals surface area (Å²) in [6, 6.07) is 9.56. The summed E-state index contributed by atoms with van der Waals surface area (Å²) >= 11 is 7.48. The molecule has 0 aliphatic rings. The molecule has 8 heteroatoms. The second kappa shape index (κ2) is 9.85. The third kappa shape index (κ3) is 4.95. The van der Waals surface area contributed by atoms with E-state index in [9.17, 15) is 4.79 Å². The fourth-order valence-electron chi connectivity index (χ4n) is 3.41. The quantitative estimate of drug-likeness (QED) is 0.253. The number of allylic oxidation sites excluding steroid dienone is 1. The van der Waals surface area contributed by atoms with Crippen LogP contribution in [0.4, 0.5) is 0 Å². The van der Waals surface area contributed by atoms with Crippen LogP contribution in [-0.4, -0.2) is 49.9 Å². The fraction of sp³-hybridized carbons (Fsp3) is 0.348. The molecule has 1 atom stereocenters. The van der Waals surface area contributed by atoms with Gasteiger partial charge in [0, 0.05) is 34.2 Å². The van der Waals surface area contributed by atoms with E-state index in [1.54, 1.807) is 0 Å². The van der Waals surface area contributed by atoms with Gasteiger partial charge in [0.25, 0.3) is 0 Å². The summed E-state index contributed by atoms with van der Waals surface area (Å²) in [4.78, 5) is 15.1. The van der Waals surface area contributed by atoms with Crippen LogP contribution in [0.25, 0.3) is 5.69 Å². The van der Waals surface area contributed by atoms with Gasteiger partial charge in [0.05, 0.1) is 11.8 Å². The lowest BCUT2D eigenvalue weighted by molar-refractivity contribution is 0.102. The molecule has 0 saturated carbocycles. The monoisotopic (exact) mass is 457 g/mol. The highest BCUT2D eigenvalue weighted by atomic mass is 35.5. The van der Waals surface area contributed by atoms with Gasteiger partial charge in [0.15, 0.2) is 16.8 Å². The van der Waals surface area contributed by atoms with Crippen molar-refractivity contribution in [3.63, 3.8) is 0 Å². The van der Waals surface area contributed by atoms with Crippen LogP contribution in [0.2, 0.25) is 5.02 Å². The molecule has 31 heavy (non-hydrogen) atoms. The van der Waals surface area contributed by atoms with Gasteiger partial charge in [0.2, 0.25) is 0 Å². The molecule has 0 amide bonds. The first-order valence-electron chi connectivity index (χ1n) is 10.1. The molecule has 1 aromatic carbocycles. The average molecular weight is 458 g/mol. The molecule has 1 unspecified atom stereocenters. The molecule has 0 fully saturated rings. The first-order valence-corrected chi connectivity index (χ1v) is 11.4. The molecular formula is C23H28ClN5OS. The summed E-state index contributed by atoms with van der Waals surface area (Å²) in [6.07, 6.45) is 1.84. The van der Waals surface area contributed by atoms with Crippen molar-refractivity contribution in [2.75, 3.05) is 19.8 Å². The molecular weight excluding hydrogens is 430 g/mol. The number of rotatable bonds is 9. The molecule has 6 nitrogen and oxygen atoms in total. The van der Waals surface area contributed by atoms with Gasteiger partial charge in [0.1, 0.15) is 0 Å². The van der Waals surface area contributed by atoms with Gasteiger partial charge in [-0.2, -0.15) is 0 Å². The Balaban J connectivity index is 1.90. The molecule has 0 saturated heterocycles. The van der Waals surface area contributed by atoms with Crippen molar-refractivity contribution in [2.24, 2.45) is 0 Å². The lowest BCUT2D eigenvalue weighted by atomic mass is 10.2. The zero-order chi connectivity index (χ0) is 22.7. The maximum atomic E-state index is 13.0. The van der Waals surface area contributed by atoms with Gasteiger partial charge in [-0.3, -0.25) is 14.3 Å². The van der Waals surface area contributed by atoms with Gasteiger partial charge < -0.3 is 4.57 Å². The van der Waals surface area contributed by atoms with Gasteiger partial charge in [-0.1, -0.05) is 29.4 Å². The van der Waals surface area contributed by atoms with E-state index in [0.29, 0.717) is 16.7 Å². The van der Waals surface area contributed by atoms with E-state index in [2.05, 4.69) is 33.2 Å². The number of aromatic nitrogens is 4. The smallest absolute Gasteiger partial charge is 0.196 e. The van der Waals surface area contributed by atoms with Crippen LogP contribution in [0.5, 0.6) is 0 Å². The number of hydrogen-bond donors (Lipinski definition) is 0.